The number of alkyl halides is 1. The molecule has 1 unspecified atom stereocenters. The molecule has 0 aromatic heterocycles. The number of benzene rings is 1. The average molecular weight is 241 g/mol. The molecule has 0 spiro atoms. The third kappa shape index (κ3) is 2.41. The Morgan fingerprint density at radius 2 is 2.23 bits per heavy atom. The molecule has 0 radical (unpaired) electrons. The van der Waals surface area contributed by atoms with Crippen LogP contribution in [0.5, 0.6) is 0 Å². The summed E-state index contributed by atoms with van der Waals surface area (Å²) in [7, 11) is 0. The van der Waals surface area contributed by atoms with Gasteiger partial charge in [-0.1, -0.05) is 41.1 Å². The van der Waals surface area contributed by atoms with E-state index in [9.17, 15) is 4.79 Å². The lowest BCUT2D eigenvalue weighted by Gasteiger charge is -2.07. The normalized spacial score (nSPS) is 12.5. The van der Waals surface area contributed by atoms with Crippen molar-refractivity contribution in [1.82, 2.24) is 0 Å². The van der Waals surface area contributed by atoms with Gasteiger partial charge in [-0.25, -0.2) is 0 Å². The second-order valence-corrected chi connectivity index (χ2v) is 3.81. The van der Waals surface area contributed by atoms with Crippen molar-refractivity contribution in [3.63, 3.8) is 0 Å². The highest BCUT2D eigenvalue weighted by molar-refractivity contribution is 9.08. The quantitative estimate of drug-likeness (QED) is 0.586. The molecule has 0 aliphatic rings. The molecule has 2 heteroatoms. The maximum Gasteiger partial charge on any atom is 0.127 e. The molecule has 1 rings (SSSR count). The summed E-state index contributed by atoms with van der Waals surface area (Å²) in [6.45, 7) is 3.98. The summed E-state index contributed by atoms with van der Waals surface area (Å²) >= 11 is 3.42. The van der Waals surface area contributed by atoms with Gasteiger partial charge in [0.2, 0.25) is 0 Å². The van der Waals surface area contributed by atoms with Crippen molar-refractivity contribution in [2.75, 3.05) is 0 Å². The van der Waals surface area contributed by atoms with Crippen LogP contribution in [0.3, 0.4) is 0 Å². The van der Waals surface area contributed by atoms with Crippen molar-refractivity contribution < 1.29 is 4.79 Å². The van der Waals surface area contributed by atoms with Crippen LogP contribution in [0.1, 0.15) is 29.5 Å². The van der Waals surface area contributed by atoms with Crippen LogP contribution >= 0.6 is 15.9 Å². The molecule has 13 heavy (non-hydrogen) atoms. The first kappa shape index (κ1) is 10.5. The van der Waals surface area contributed by atoms with E-state index in [1.807, 2.05) is 13.0 Å². The summed E-state index contributed by atoms with van der Waals surface area (Å²) in [5.41, 5.74) is 3.61. The van der Waals surface area contributed by atoms with E-state index >= 15 is 0 Å². The summed E-state index contributed by atoms with van der Waals surface area (Å²) in [5.74, 6) is 0.00285. The van der Waals surface area contributed by atoms with Crippen LogP contribution < -0.4 is 0 Å². The molecule has 1 atom stereocenters. The molecule has 0 N–H and O–H groups in total. The molecule has 0 aliphatic carbocycles. The fraction of sp³-hybridized carbons (Fsp3) is 0.364. The number of hydrogen-bond donors (Lipinski definition) is 0. The highest BCUT2D eigenvalue weighted by atomic mass is 79.9. The van der Waals surface area contributed by atoms with Crippen LogP contribution in [0, 0.1) is 6.92 Å². The largest absolute Gasteiger partial charge is 0.303 e. The molecule has 1 nitrogen and oxygen atoms in total. The highest BCUT2D eigenvalue weighted by Gasteiger charge is 2.05. The number of hydrogen-bond acceptors (Lipinski definition) is 1. The Hall–Kier alpha value is -0.630. The summed E-state index contributed by atoms with van der Waals surface area (Å²) in [4.78, 5) is 10.6. The first-order chi connectivity index (χ1) is 6.19. The van der Waals surface area contributed by atoms with E-state index < -0.39 is 0 Å². The third-order valence-electron chi connectivity index (χ3n) is 2.24. The molecule has 0 saturated heterocycles. The number of carbonyl (C=O) groups excluding carboxylic acids is 1. The number of aldehydes is 1. The zero-order chi connectivity index (χ0) is 9.84. The van der Waals surface area contributed by atoms with Crippen molar-refractivity contribution in [3.05, 3.63) is 34.9 Å². The number of aryl methyl sites for hydroxylation is 1. The van der Waals surface area contributed by atoms with Crippen molar-refractivity contribution in [2.24, 2.45) is 0 Å². The second kappa shape index (κ2) is 4.56. The Balaban J connectivity index is 3.02. The first-order valence-electron chi connectivity index (χ1n) is 4.29. The van der Waals surface area contributed by atoms with Crippen LogP contribution in [-0.2, 0) is 10.1 Å². The molecular weight excluding hydrogens is 228 g/mol. The van der Waals surface area contributed by atoms with Gasteiger partial charge < -0.3 is 4.79 Å². The monoisotopic (exact) mass is 240 g/mol. The van der Waals surface area contributed by atoms with Gasteiger partial charge >= 0.3 is 0 Å². The van der Waals surface area contributed by atoms with Crippen LogP contribution in [0.15, 0.2) is 18.2 Å². The smallest absolute Gasteiger partial charge is 0.127 e. The zero-order valence-electron chi connectivity index (χ0n) is 7.88. The number of halogens is 1. The zero-order valence-corrected chi connectivity index (χ0v) is 9.47. The standard InChI is InChI=1S/C11H13BrO/c1-8-5-10(9(2)7-13)3-4-11(8)6-12/h3-5,7,9H,6H2,1-2H3. The Morgan fingerprint density at radius 3 is 2.69 bits per heavy atom. The molecule has 0 heterocycles. The average Bonchev–Trinajstić information content (AvgIpc) is 2.16. The van der Waals surface area contributed by atoms with Crippen molar-refractivity contribution >= 4 is 22.2 Å². The van der Waals surface area contributed by atoms with E-state index in [1.165, 1.54) is 11.1 Å². The Kier molecular flexibility index (Phi) is 3.67. The van der Waals surface area contributed by atoms with Gasteiger partial charge in [0.05, 0.1) is 0 Å². The minimum Gasteiger partial charge on any atom is -0.303 e. The maximum absolute atomic E-state index is 10.6. The summed E-state index contributed by atoms with van der Waals surface area (Å²) < 4.78 is 0. The lowest BCUT2D eigenvalue weighted by atomic mass is 9.98. The van der Waals surface area contributed by atoms with Gasteiger partial charge in [0.15, 0.2) is 0 Å². The van der Waals surface area contributed by atoms with Crippen LogP contribution in [0.25, 0.3) is 0 Å². The van der Waals surface area contributed by atoms with Gasteiger partial charge in [-0.3, -0.25) is 0 Å². The van der Waals surface area contributed by atoms with Crippen LogP contribution in [-0.4, -0.2) is 6.29 Å². The molecule has 0 amide bonds. The fourth-order valence-electron chi connectivity index (χ4n) is 1.23. The van der Waals surface area contributed by atoms with Gasteiger partial charge in [0.1, 0.15) is 6.29 Å². The Labute approximate surface area is 87.3 Å². The topological polar surface area (TPSA) is 17.1 Å². The van der Waals surface area contributed by atoms with Crippen LogP contribution in [0.2, 0.25) is 0 Å². The summed E-state index contributed by atoms with van der Waals surface area (Å²) in [5, 5.41) is 0.870. The predicted molar refractivity (Wildman–Crippen MR) is 58.3 cm³/mol. The van der Waals surface area contributed by atoms with E-state index in [-0.39, 0.29) is 5.92 Å². The van der Waals surface area contributed by atoms with E-state index in [2.05, 4.69) is 35.0 Å². The molecule has 70 valence electrons. The Morgan fingerprint density at radius 1 is 1.54 bits per heavy atom. The van der Waals surface area contributed by atoms with E-state index in [4.69, 9.17) is 0 Å². The van der Waals surface area contributed by atoms with Gasteiger partial charge in [-0.15, -0.1) is 0 Å². The van der Waals surface area contributed by atoms with Gasteiger partial charge in [-0.2, -0.15) is 0 Å². The lowest BCUT2D eigenvalue weighted by Crippen LogP contribution is -1.96. The van der Waals surface area contributed by atoms with E-state index in [0.29, 0.717) is 0 Å². The molecule has 0 saturated carbocycles. The third-order valence-corrected chi connectivity index (χ3v) is 2.84. The maximum atomic E-state index is 10.6. The molecular formula is C11H13BrO. The van der Waals surface area contributed by atoms with E-state index in [0.717, 1.165) is 17.2 Å². The van der Waals surface area contributed by atoms with E-state index in [1.54, 1.807) is 0 Å². The van der Waals surface area contributed by atoms with Crippen molar-refractivity contribution in [3.8, 4) is 0 Å². The lowest BCUT2D eigenvalue weighted by molar-refractivity contribution is -0.108. The highest BCUT2D eigenvalue weighted by Crippen LogP contribution is 2.18. The van der Waals surface area contributed by atoms with Crippen molar-refractivity contribution in [1.29, 1.82) is 0 Å². The molecule has 1 aromatic carbocycles. The first-order valence-corrected chi connectivity index (χ1v) is 5.42. The molecule has 0 aliphatic heterocycles. The molecule has 1 aromatic rings. The van der Waals surface area contributed by atoms with Crippen molar-refractivity contribution in [2.45, 2.75) is 25.1 Å². The SMILES string of the molecule is Cc1cc(C(C)C=O)ccc1CBr. The molecule has 0 fully saturated rings. The summed E-state index contributed by atoms with van der Waals surface area (Å²) in [6.07, 6.45) is 0.975. The minimum absolute atomic E-state index is 0.00285. The fourth-order valence-corrected chi connectivity index (χ4v) is 1.86. The second-order valence-electron chi connectivity index (χ2n) is 3.24. The number of rotatable bonds is 3. The Bertz CT molecular complexity index is 307. The minimum atomic E-state index is 0.00285. The van der Waals surface area contributed by atoms with Gasteiger partial charge in [0, 0.05) is 11.2 Å². The predicted octanol–water partition coefficient (Wildman–Crippen LogP) is 3.19. The summed E-state index contributed by atoms with van der Waals surface area (Å²) in [6, 6.07) is 6.16. The van der Waals surface area contributed by atoms with Gasteiger partial charge in [-0.05, 0) is 23.6 Å². The van der Waals surface area contributed by atoms with Crippen LogP contribution in [0.4, 0.5) is 0 Å². The molecule has 0 bridgehead atoms. The number of carbonyl (C=O) groups is 1. The van der Waals surface area contributed by atoms with Gasteiger partial charge in [0.25, 0.3) is 0 Å².